The van der Waals surface area contributed by atoms with Crippen molar-refractivity contribution in [2.75, 3.05) is 21.7 Å². The van der Waals surface area contributed by atoms with Gasteiger partial charge in [0.05, 0.1) is 10.2 Å². The van der Waals surface area contributed by atoms with Gasteiger partial charge in [0.2, 0.25) is 0 Å². The van der Waals surface area contributed by atoms with Crippen LogP contribution in [0, 0.1) is 0 Å². The summed E-state index contributed by atoms with van der Waals surface area (Å²) in [5, 5.41) is 3.21. The molecule has 1 heterocycles. The molecule has 0 aromatic rings. The maximum Gasteiger partial charge on any atom is 0.0512 e. The number of hydrogen-bond acceptors (Lipinski definition) is 7. The summed E-state index contributed by atoms with van der Waals surface area (Å²) >= 11 is 8.07. The van der Waals surface area contributed by atoms with Crippen LogP contribution in [-0.4, -0.2) is 26.9 Å². The molecule has 0 nitrogen and oxygen atoms in total. The van der Waals surface area contributed by atoms with Crippen LogP contribution in [0.3, 0.4) is 0 Å². The van der Waals surface area contributed by atoms with Crippen molar-refractivity contribution in [3.63, 3.8) is 0 Å². The molecule has 0 bridgehead atoms. The normalized spacial score (nSPS) is 17.8. The van der Waals surface area contributed by atoms with Crippen LogP contribution in [0.2, 0.25) is 0 Å². The van der Waals surface area contributed by atoms with Gasteiger partial charge in [-0.2, -0.15) is 11.8 Å². The average Bonchev–Trinajstić information content (AvgIpc) is 2.00. The molecule has 0 unspecified atom stereocenters. The lowest BCUT2D eigenvalue weighted by atomic mass is 10.5. The largest absolute Gasteiger partial charge is 0.160 e. The summed E-state index contributed by atoms with van der Waals surface area (Å²) in [6.07, 6.45) is 0. The van der Waals surface area contributed by atoms with E-state index >= 15 is 0 Å². The van der Waals surface area contributed by atoms with Gasteiger partial charge in [-0.1, -0.05) is 32.4 Å². The molecule has 12 heavy (non-hydrogen) atoms. The van der Waals surface area contributed by atoms with Gasteiger partial charge in [0.1, 0.15) is 0 Å². The number of thioether (sulfide) groups is 2. The molecule has 0 aliphatic carbocycles. The van der Waals surface area contributed by atoms with Crippen molar-refractivity contribution in [1.29, 1.82) is 0 Å². The summed E-state index contributed by atoms with van der Waals surface area (Å²) in [7, 11) is 7.56. The average molecular weight is 295 g/mol. The van der Waals surface area contributed by atoms with Crippen molar-refractivity contribution >= 4 is 77.4 Å². The zero-order chi connectivity index (χ0) is 8.65. The highest BCUT2D eigenvalue weighted by Gasteiger charge is 2.18. The van der Waals surface area contributed by atoms with E-state index in [1.807, 2.05) is 43.2 Å². The number of hydrogen-bond donors (Lipinski definition) is 1. The van der Waals surface area contributed by atoms with Gasteiger partial charge in [-0.3, -0.25) is 0 Å². The summed E-state index contributed by atoms with van der Waals surface area (Å²) in [5.41, 5.74) is 0. The molecule has 1 rings (SSSR count). The molecular formula is C5H10S7. The standard InChI is InChI=1S/C5H10S7/c6-9-3-8-4-10-12-11-5-1-7-2-5/h5-6H,1-4H2. The van der Waals surface area contributed by atoms with Crippen molar-refractivity contribution in [2.24, 2.45) is 0 Å². The van der Waals surface area contributed by atoms with Crippen molar-refractivity contribution < 1.29 is 0 Å². The van der Waals surface area contributed by atoms with E-state index in [4.69, 9.17) is 0 Å². The van der Waals surface area contributed by atoms with Gasteiger partial charge in [0.15, 0.2) is 0 Å². The number of thiol groups is 1. The Morgan fingerprint density at radius 3 is 2.75 bits per heavy atom. The molecule has 0 spiro atoms. The number of rotatable bonds is 7. The first-order valence-corrected chi connectivity index (χ1v) is 11.4. The third kappa shape index (κ3) is 6.03. The highest BCUT2D eigenvalue weighted by Crippen LogP contribution is 2.44. The minimum absolute atomic E-state index is 0.928. The minimum Gasteiger partial charge on any atom is -0.160 e. The van der Waals surface area contributed by atoms with Gasteiger partial charge >= 0.3 is 0 Å². The van der Waals surface area contributed by atoms with Crippen molar-refractivity contribution in [2.45, 2.75) is 5.25 Å². The van der Waals surface area contributed by atoms with Gasteiger partial charge in [-0.25, -0.2) is 0 Å². The molecule has 0 aromatic heterocycles. The predicted molar refractivity (Wildman–Crippen MR) is 77.8 cm³/mol. The highest BCUT2D eigenvalue weighted by molar-refractivity contribution is 9.10. The van der Waals surface area contributed by atoms with Gasteiger partial charge in [-0.15, -0.1) is 23.4 Å². The Balaban J connectivity index is 1.70. The fourth-order valence-electron chi connectivity index (χ4n) is 0.478. The molecule has 1 aliphatic rings. The molecule has 1 aliphatic heterocycles. The van der Waals surface area contributed by atoms with Gasteiger partial charge < -0.3 is 0 Å². The van der Waals surface area contributed by atoms with E-state index in [1.165, 1.54) is 16.6 Å². The van der Waals surface area contributed by atoms with E-state index in [0.717, 1.165) is 10.3 Å². The smallest absolute Gasteiger partial charge is 0.0512 e. The maximum atomic E-state index is 4.07. The first-order chi connectivity index (χ1) is 5.93. The van der Waals surface area contributed by atoms with Gasteiger partial charge in [0.25, 0.3) is 0 Å². The fourth-order valence-corrected chi connectivity index (χ4v) is 9.40. The fraction of sp³-hybridized carbons (Fsp3) is 1.00. The van der Waals surface area contributed by atoms with Crippen LogP contribution in [0.15, 0.2) is 0 Å². The lowest BCUT2D eigenvalue weighted by Crippen LogP contribution is -2.18. The zero-order valence-electron chi connectivity index (χ0n) is 6.30. The Morgan fingerprint density at radius 1 is 1.33 bits per heavy atom. The van der Waals surface area contributed by atoms with Gasteiger partial charge in [0, 0.05) is 16.8 Å². The molecule has 0 atom stereocenters. The Kier molecular flexibility index (Phi) is 9.11. The Morgan fingerprint density at radius 2 is 2.17 bits per heavy atom. The van der Waals surface area contributed by atoms with E-state index in [1.54, 1.807) is 10.8 Å². The lowest BCUT2D eigenvalue weighted by molar-refractivity contribution is 1.09. The van der Waals surface area contributed by atoms with Crippen LogP contribution in [0.1, 0.15) is 0 Å². The van der Waals surface area contributed by atoms with Crippen molar-refractivity contribution in [3.8, 4) is 0 Å². The second kappa shape index (κ2) is 8.73. The minimum atomic E-state index is 0.928. The van der Waals surface area contributed by atoms with E-state index in [9.17, 15) is 0 Å². The van der Waals surface area contributed by atoms with Crippen LogP contribution in [-0.2, 0) is 0 Å². The SMILES string of the molecule is SSCSCSSSC1CSC1. The second-order valence-electron chi connectivity index (χ2n) is 2.01. The van der Waals surface area contributed by atoms with Crippen molar-refractivity contribution in [3.05, 3.63) is 0 Å². The Bertz CT molecular complexity index is 104. The van der Waals surface area contributed by atoms with E-state index in [2.05, 4.69) is 23.4 Å². The predicted octanol–water partition coefficient (Wildman–Crippen LogP) is 4.36. The van der Waals surface area contributed by atoms with E-state index < -0.39 is 0 Å². The van der Waals surface area contributed by atoms with Crippen LogP contribution in [0.5, 0.6) is 0 Å². The van der Waals surface area contributed by atoms with Crippen molar-refractivity contribution in [1.82, 2.24) is 0 Å². The molecule has 0 amide bonds. The third-order valence-corrected chi connectivity index (χ3v) is 10.4. The molecule has 0 N–H and O–H groups in total. The van der Waals surface area contributed by atoms with Gasteiger partial charge in [-0.05, 0) is 9.83 Å². The highest BCUT2D eigenvalue weighted by atomic mass is 33.5. The first kappa shape index (κ1) is 12.5. The topological polar surface area (TPSA) is 0 Å². The molecule has 72 valence electrons. The molecule has 0 radical (unpaired) electrons. The first-order valence-electron chi connectivity index (χ1n) is 3.30. The molecular weight excluding hydrogens is 285 g/mol. The zero-order valence-corrected chi connectivity index (χ0v) is 12.1. The molecule has 1 fully saturated rings. The summed E-state index contributed by atoms with van der Waals surface area (Å²) in [6, 6.07) is 0. The van der Waals surface area contributed by atoms with E-state index in [0.29, 0.717) is 0 Å². The summed E-state index contributed by atoms with van der Waals surface area (Å²) in [6.45, 7) is 0. The Labute approximate surface area is 103 Å². The third-order valence-electron chi connectivity index (χ3n) is 1.10. The Hall–Kier alpha value is 2.45. The second-order valence-corrected chi connectivity index (χ2v) is 10.6. The van der Waals surface area contributed by atoms with Crippen LogP contribution in [0.25, 0.3) is 0 Å². The van der Waals surface area contributed by atoms with Crippen LogP contribution < -0.4 is 0 Å². The molecule has 7 heteroatoms. The quantitative estimate of drug-likeness (QED) is 0.318. The summed E-state index contributed by atoms with van der Waals surface area (Å²) in [5.74, 6) is 2.72. The van der Waals surface area contributed by atoms with Crippen LogP contribution >= 0.6 is 77.4 Å². The van der Waals surface area contributed by atoms with Crippen LogP contribution in [0.4, 0.5) is 0 Å². The monoisotopic (exact) mass is 294 g/mol. The summed E-state index contributed by atoms with van der Waals surface area (Å²) < 4.78 is 0. The molecule has 0 aromatic carbocycles. The molecule has 0 saturated carbocycles. The maximum absolute atomic E-state index is 4.07. The molecule has 1 saturated heterocycles. The lowest BCUT2D eigenvalue weighted by Gasteiger charge is -2.22. The van der Waals surface area contributed by atoms with E-state index in [-0.39, 0.29) is 0 Å². The summed E-state index contributed by atoms with van der Waals surface area (Å²) in [4.78, 5) is 0.